The van der Waals surface area contributed by atoms with Gasteiger partial charge in [-0.25, -0.2) is 9.97 Å². The topological polar surface area (TPSA) is 124 Å². The Morgan fingerprint density at radius 2 is 1.54 bits per heavy atom. The van der Waals surface area contributed by atoms with Crippen molar-refractivity contribution in [3.63, 3.8) is 0 Å². The number of piperidine rings is 1. The number of allylic oxidation sites excluding steroid dienone is 1. The molecule has 0 amide bonds. The summed E-state index contributed by atoms with van der Waals surface area (Å²) in [6.07, 6.45) is 14.2. The number of ether oxygens (including phenoxy) is 1. The number of nitrogens with one attached hydrogen (secondary N) is 1. The lowest BCUT2D eigenvalue weighted by Gasteiger charge is -2.58. The highest BCUT2D eigenvalue weighted by Crippen LogP contribution is 2.56. The maximum atomic E-state index is 6.07. The second-order valence-electron chi connectivity index (χ2n) is 13.4. The Bertz CT molecular complexity index is 2060. The van der Waals surface area contributed by atoms with Crippen molar-refractivity contribution in [2.75, 3.05) is 70.5 Å². The molecule has 0 radical (unpaired) electrons. The standard InChI is InChI=1S/C39H42N12O/c1-4-20-49(21-5-1)38-36(48-22-18-40-19-23-48)34(31-28-41-16-17-42-31)35(30-9-7-15-45-47-30)39(32-10-2-3-13-43-32,50-24-26-52-27-25-50)51(38)33-12-11-29-8-6-14-44-37(29)46-33/h2-3,6-17,28,40H,1,4-5,18-27H2. The van der Waals surface area contributed by atoms with E-state index in [2.05, 4.69) is 71.4 Å². The summed E-state index contributed by atoms with van der Waals surface area (Å²) in [7, 11) is 0. The summed E-state index contributed by atoms with van der Waals surface area (Å²) in [5.74, 6) is 1.85. The van der Waals surface area contributed by atoms with Crippen molar-refractivity contribution in [3.8, 4) is 0 Å². The fourth-order valence-electron chi connectivity index (χ4n) is 8.28. The van der Waals surface area contributed by atoms with Crippen LogP contribution in [-0.4, -0.2) is 115 Å². The number of pyridine rings is 3. The van der Waals surface area contributed by atoms with E-state index in [0.717, 1.165) is 103 Å². The van der Waals surface area contributed by atoms with E-state index < -0.39 is 5.66 Å². The van der Waals surface area contributed by atoms with Crippen LogP contribution in [0.15, 0.2) is 103 Å². The number of piperazine rings is 1. The van der Waals surface area contributed by atoms with Gasteiger partial charge < -0.3 is 19.9 Å². The molecule has 3 fully saturated rings. The minimum Gasteiger partial charge on any atom is -0.379 e. The van der Waals surface area contributed by atoms with Crippen LogP contribution in [0, 0.1) is 0 Å². The zero-order valence-electron chi connectivity index (χ0n) is 29.2. The van der Waals surface area contributed by atoms with Crippen molar-refractivity contribution in [1.29, 1.82) is 0 Å². The number of anilines is 1. The molecule has 4 aliphatic rings. The maximum Gasteiger partial charge on any atom is 0.173 e. The molecule has 5 aromatic heterocycles. The maximum absolute atomic E-state index is 6.07. The first-order valence-electron chi connectivity index (χ1n) is 18.3. The third kappa shape index (κ3) is 5.65. The summed E-state index contributed by atoms with van der Waals surface area (Å²) in [6.45, 7) is 7.59. The van der Waals surface area contributed by atoms with E-state index in [0.29, 0.717) is 32.0 Å². The molecule has 5 aromatic rings. The summed E-state index contributed by atoms with van der Waals surface area (Å²) >= 11 is 0. The highest BCUT2D eigenvalue weighted by molar-refractivity contribution is 6.04. The Labute approximate surface area is 303 Å². The number of hydrogen-bond acceptors (Lipinski definition) is 13. The molecule has 0 saturated carbocycles. The van der Waals surface area contributed by atoms with Crippen molar-refractivity contribution in [2.24, 2.45) is 0 Å². The molecule has 13 heteroatoms. The molecule has 0 aliphatic carbocycles. The predicted octanol–water partition coefficient (Wildman–Crippen LogP) is 3.78. The number of likely N-dealkylation sites (tertiary alicyclic amines) is 1. The monoisotopic (exact) mass is 694 g/mol. The zero-order valence-corrected chi connectivity index (χ0v) is 29.2. The molecule has 1 unspecified atom stereocenters. The minimum absolute atomic E-state index is 0.566. The molecule has 3 saturated heterocycles. The first kappa shape index (κ1) is 32.5. The summed E-state index contributed by atoms with van der Waals surface area (Å²) in [5.41, 5.74) is 4.95. The van der Waals surface area contributed by atoms with E-state index in [1.807, 2.05) is 36.8 Å². The van der Waals surface area contributed by atoms with Crippen LogP contribution >= 0.6 is 0 Å². The van der Waals surface area contributed by atoms with Gasteiger partial charge in [-0.05, 0) is 67.8 Å². The van der Waals surface area contributed by atoms with Crippen molar-refractivity contribution in [2.45, 2.75) is 24.9 Å². The number of hydrogen-bond donors (Lipinski definition) is 1. The Balaban J connectivity index is 1.50. The van der Waals surface area contributed by atoms with Gasteiger partial charge in [-0.15, -0.1) is 0 Å². The fourth-order valence-corrected chi connectivity index (χ4v) is 8.28. The molecule has 0 bridgehead atoms. The third-order valence-electron chi connectivity index (χ3n) is 10.5. The van der Waals surface area contributed by atoms with Gasteiger partial charge >= 0.3 is 0 Å². The fraction of sp³-hybridized carbons (Fsp3) is 0.359. The largest absolute Gasteiger partial charge is 0.379 e. The highest BCUT2D eigenvalue weighted by atomic mass is 16.5. The average molecular weight is 695 g/mol. The number of aromatic nitrogens is 7. The van der Waals surface area contributed by atoms with Crippen LogP contribution in [0.3, 0.4) is 0 Å². The third-order valence-corrected chi connectivity index (χ3v) is 10.5. The van der Waals surface area contributed by atoms with Gasteiger partial charge in [-0.1, -0.05) is 6.07 Å². The second-order valence-corrected chi connectivity index (χ2v) is 13.4. The van der Waals surface area contributed by atoms with Gasteiger partial charge in [0.25, 0.3) is 0 Å². The molecule has 1 atom stereocenters. The SMILES string of the molecule is c1ccc(C2(N3CCOCC3)C(c3cccnn3)=C(c3cnccn3)C(N3CCNCC3)=C(N3CCCCC3)N2c2ccc3cccnc3n2)nc1. The van der Waals surface area contributed by atoms with Gasteiger partial charge in [-0.3, -0.25) is 24.8 Å². The lowest BCUT2D eigenvalue weighted by molar-refractivity contribution is -0.00783. The number of nitrogens with zero attached hydrogens (tertiary/aromatic N) is 11. The first-order valence-corrected chi connectivity index (χ1v) is 18.3. The van der Waals surface area contributed by atoms with Gasteiger partial charge in [0.15, 0.2) is 11.3 Å². The number of morpholine rings is 1. The smallest absolute Gasteiger partial charge is 0.173 e. The summed E-state index contributed by atoms with van der Waals surface area (Å²) in [4.78, 5) is 35.2. The summed E-state index contributed by atoms with van der Waals surface area (Å²) in [6, 6.07) is 18.5. The molecule has 4 aliphatic heterocycles. The van der Waals surface area contributed by atoms with Gasteiger partial charge in [0.05, 0.1) is 42.2 Å². The van der Waals surface area contributed by atoms with E-state index >= 15 is 0 Å². The van der Waals surface area contributed by atoms with E-state index in [9.17, 15) is 0 Å². The van der Waals surface area contributed by atoms with Gasteiger partial charge in [-0.2, -0.15) is 10.2 Å². The number of rotatable bonds is 7. The normalized spacial score (nSPS) is 22.0. The van der Waals surface area contributed by atoms with Crippen molar-refractivity contribution in [1.82, 2.24) is 55.1 Å². The van der Waals surface area contributed by atoms with Crippen molar-refractivity contribution >= 4 is 28.0 Å². The lowest BCUT2D eigenvalue weighted by atomic mass is 9.79. The van der Waals surface area contributed by atoms with Gasteiger partial charge in [0.2, 0.25) is 0 Å². The minimum atomic E-state index is -1.08. The van der Waals surface area contributed by atoms with Crippen LogP contribution in [0.1, 0.15) is 36.3 Å². The second kappa shape index (κ2) is 14.3. The average Bonchev–Trinajstić information content (AvgIpc) is 3.24. The molecule has 1 N–H and O–H groups in total. The lowest BCUT2D eigenvalue weighted by Crippen LogP contribution is -2.66. The van der Waals surface area contributed by atoms with E-state index in [1.165, 1.54) is 6.42 Å². The predicted molar refractivity (Wildman–Crippen MR) is 198 cm³/mol. The first-order chi connectivity index (χ1) is 25.8. The van der Waals surface area contributed by atoms with Crippen LogP contribution in [0.4, 0.5) is 5.82 Å². The molecule has 9 rings (SSSR count). The Morgan fingerprint density at radius 1 is 0.692 bits per heavy atom. The highest BCUT2D eigenvalue weighted by Gasteiger charge is 2.58. The quantitative estimate of drug-likeness (QED) is 0.266. The molecule has 0 aromatic carbocycles. The van der Waals surface area contributed by atoms with E-state index in [4.69, 9.17) is 29.8 Å². The van der Waals surface area contributed by atoms with E-state index in [1.54, 1.807) is 18.6 Å². The molecule has 264 valence electrons. The van der Waals surface area contributed by atoms with Crippen molar-refractivity contribution < 1.29 is 4.74 Å². The molecule has 9 heterocycles. The Hall–Kier alpha value is -5.37. The Kier molecular flexibility index (Phi) is 8.97. The van der Waals surface area contributed by atoms with Crippen LogP contribution in [0.2, 0.25) is 0 Å². The number of fused-ring (bicyclic) bond motifs is 1. The van der Waals surface area contributed by atoms with Crippen molar-refractivity contribution in [3.05, 3.63) is 120 Å². The van der Waals surface area contributed by atoms with Gasteiger partial charge in [0.1, 0.15) is 11.6 Å². The summed E-state index contributed by atoms with van der Waals surface area (Å²) < 4.78 is 6.07. The molecule has 0 spiro atoms. The summed E-state index contributed by atoms with van der Waals surface area (Å²) in [5, 5.41) is 14.0. The molecular formula is C39H42N12O. The van der Waals surface area contributed by atoms with E-state index in [-0.39, 0.29) is 0 Å². The van der Waals surface area contributed by atoms with Crippen LogP contribution < -0.4 is 10.2 Å². The van der Waals surface area contributed by atoms with Crippen LogP contribution in [-0.2, 0) is 10.4 Å². The molecular weight excluding hydrogens is 653 g/mol. The zero-order chi connectivity index (χ0) is 34.7. The Morgan fingerprint density at radius 3 is 2.31 bits per heavy atom. The molecule has 52 heavy (non-hydrogen) atoms. The van der Waals surface area contributed by atoms with Gasteiger partial charge in [0, 0.05) is 99.9 Å². The van der Waals surface area contributed by atoms with Crippen LogP contribution in [0.25, 0.3) is 22.2 Å². The molecule has 13 nitrogen and oxygen atoms in total. The van der Waals surface area contributed by atoms with Crippen LogP contribution in [0.5, 0.6) is 0 Å².